The predicted molar refractivity (Wildman–Crippen MR) is 157 cm³/mol. The van der Waals surface area contributed by atoms with E-state index in [9.17, 15) is 4.39 Å². The lowest BCUT2D eigenvalue weighted by molar-refractivity contribution is 0.139. The number of hydrogen-bond donors (Lipinski definition) is 3. The summed E-state index contributed by atoms with van der Waals surface area (Å²) in [5, 5.41) is 0. The highest BCUT2D eigenvalue weighted by Crippen LogP contribution is 2.28. The maximum atomic E-state index is 13.8. The van der Waals surface area contributed by atoms with Crippen LogP contribution in [-0.2, 0) is 6.42 Å². The SMILES string of the molecule is C=C.C=C/C(=C\c1[nH]c(C)c(CCCN2CCN(CC(=C)C)CC2)c1C)c1cc(F)ccc1N.CN. The van der Waals surface area contributed by atoms with E-state index in [2.05, 4.69) is 67.6 Å². The van der Waals surface area contributed by atoms with E-state index in [0.717, 1.165) is 63.4 Å². The van der Waals surface area contributed by atoms with E-state index < -0.39 is 0 Å². The number of aryl methyl sites for hydroxylation is 1. The molecule has 1 aromatic heterocycles. The molecule has 198 valence electrons. The molecule has 2 heterocycles. The van der Waals surface area contributed by atoms with Crippen molar-refractivity contribution in [2.75, 3.05) is 52.0 Å². The zero-order chi connectivity index (χ0) is 27.3. The number of anilines is 1. The summed E-state index contributed by atoms with van der Waals surface area (Å²) in [6.07, 6.45) is 5.92. The van der Waals surface area contributed by atoms with Crippen LogP contribution in [0.25, 0.3) is 11.6 Å². The highest BCUT2D eigenvalue weighted by Gasteiger charge is 2.17. The van der Waals surface area contributed by atoms with Crippen molar-refractivity contribution in [3.8, 4) is 0 Å². The van der Waals surface area contributed by atoms with Gasteiger partial charge in [-0.05, 0) is 88.2 Å². The quantitative estimate of drug-likeness (QED) is 0.241. The molecule has 1 saturated heterocycles. The highest BCUT2D eigenvalue weighted by molar-refractivity contribution is 5.91. The lowest BCUT2D eigenvalue weighted by Gasteiger charge is -2.34. The van der Waals surface area contributed by atoms with Gasteiger partial charge in [-0.2, -0.15) is 0 Å². The lowest BCUT2D eigenvalue weighted by atomic mass is 10.00. The number of nitrogens with one attached hydrogen (secondary N) is 1. The van der Waals surface area contributed by atoms with Crippen molar-refractivity contribution in [3.05, 3.63) is 90.1 Å². The Balaban J connectivity index is 0.00000154. The second-order valence-electron chi connectivity index (χ2n) is 8.98. The van der Waals surface area contributed by atoms with Crippen LogP contribution in [0.1, 0.15) is 41.4 Å². The summed E-state index contributed by atoms with van der Waals surface area (Å²) in [7, 11) is 1.50. The molecule has 5 nitrogen and oxygen atoms in total. The average molecular weight is 496 g/mol. The molecular weight excluding hydrogens is 449 g/mol. The molecular formula is C30H46FN5. The number of benzene rings is 1. The van der Waals surface area contributed by atoms with Crippen LogP contribution in [-0.4, -0.2) is 61.1 Å². The second kappa shape index (κ2) is 15.9. The molecule has 0 radical (unpaired) electrons. The van der Waals surface area contributed by atoms with Crippen LogP contribution < -0.4 is 11.5 Å². The minimum Gasteiger partial charge on any atom is -0.398 e. The minimum absolute atomic E-state index is 0.303. The second-order valence-corrected chi connectivity index (χ2v) is 8.98. The number of aromatic amines is 1. The van der Waals surface area contributed by atoms with Crippen LogP contribution >= 0.6 is 0 Å². The molecule has 2 aromatic rings. The number of allylic oxidation sites excluding steroid dienone is 2. The summed E-state index contributed by atoms with van der Waals surface area (Å²) in [5.41, 5.74) is 18.7. The molecule has 0 spiro atoms. The zero-order valence-corrected chi connectivity index (χ0v) is 22.8. The number of halogens is 1. The number of H-pyrrole nitrogens is 1. The summed E-state index contributed by atoms with van der Waals surface area (Å²) in [6, 6.07) is 4.44. The van der Waals surface area contributed by atoms with Gasteiger partial charge >= 0.3 is 0 Å². The van der Waals surface area contributed by atoms with E-state index in [-0.39, 0.29) is 5.82 Å². The maximum absolute atomic E-state index is 13.8. The van der Waals surface area contributed by atoms with Gasteiger partial charge in [-0.3, -0.25) is 4.90 Å². The monoisotopic (exact) mass is 495 g/mol. The van der Waals surface area contributed by atoms with Crippen molar-refractivity contribution in [2.24, 2.45) is 5.73 Å². The molecule has 1 aliphatic heterocycles. The van der Waals surface area contributed by atoms with Crippen molar-refractivity contribution in [1.29, 1.82) is 0 Å². The Hall–Kier alpha value is -2.93. The fraction of sp³-hybridized carbons (Fsp3) is 0.400. The molecule has 0 amide bonds. The van der Waals surface area contributed by atoms with Crippen LogP contribution in [0.15, 0.2) is 56.2 Å². The molecule has 0 saturated carbocycles. The highest BCUT2D eigenvalue weighted by atomic mass is 19.1. The Kier molecular flexibility index (Phi) is 13.8. The maximum Gasteiger partial charge on any atom is 0.123 e. The van der Waals surface area contributed by atoms with E-state index in [1.165, 1.54) is 41.6 Å². The van der Waals surface area contributed by atoms with Gasteiger partial charge in [0.1, 0.15) is 5.82 Å². The Morgan fingerprint density at radius 1 is 1.11 bits per heavy atom. The van der Waals surface area contributed by atoms with Crippen molar-refractivity contribution < 1.29 is 4.39 Å². The molecule has 0 bridgehead atoms. The van der Waals surface area contributed by atoms with E-state index in [0.29, 0.717) is 11.3 Å². The largest absolute Gasteiger partial charge is 0.398 e. The third-order valence-electron chi connectivity index (χ3n) is 6.34. The molecule has 36 heavy (non-hydrogen) atoms. The van der Waals surface area contributed by atoms with Gasteiger partial charge in [-0.15, -0.1) is 13.2 Å². The molecule has 0 aliphatic carbocycles. The van der Waals surface area contributed by atoms with E-state index in [1.807, 2.05) is 6.08 Å². The van der Waals surface area contributed by atoms with Crippen LogP contribution in [0, 0.1) is 19.7 Å². The Morgan fingerprint density at radius 2 is 1.72 bits per heavy atom. The van der Waals surface area contributed by atoms with Crippen LogP contribution in [0.4, 0.5) is 10.1 Å². The Bertz CT molecular complexity index is 1010. The van der Waals surface area contributed by atoms with Crippen molar-refractivity contribution >= 4 is 17.3 Å². The smallest absolute Gasteiger partial charge is 0.123 e. The van der Waals surface area contributed by atoms with Gasteiger partial charge in [0.15, 0.2) is 0 Å². The summed E-state index contributed by atoms with van der Waals surface area (Å²) in [4.78, 5) is 8.56. The van der Waals surface area contributed by atoms with Crippen LogP contribution in [0.5, 0.6) is 0 Å². The molecule has 0 atom stereocenters. The number of piperazine rings is 1. The van der Waals surface area contributed by atoms with Gasteiger partial charge in [0.2, 0.25) is 0 Å². The molecule has 5 N–H and O–H groups in total. The first-order chi connectivity index (χ1) is 17.3. The number of nitrogens with zero attached hydrogens (tertiary/aromatic N) is 2. The number of nitrogen functional groups attached to an aromatic ring is 1. The third kappa shape index (κ3) is 8.94. The van der Waals surface area contributed by atoms with Gasteiger partial charge in [-0.1, -0.05) is 24.8 Å². The van der Waals surface area contributed by atoms with Crippen molar-refractivity contribution in [1.82, 2.24) is 14.8 Å². The molecule has 1 aromatic carbocycles. The average Bonchev–Trinajstić information content (AvgIpc) is 3.14. The van der Waals surface area contributed by atoms with E-state index in [4.69, 9.17) is 5.73 Å². The topological polar surface area (TPSA) is 74.3 Å². The number of hydrogen-bond acceptors (Lipinski definition) is 4. The predicted octanol–water partition coefficient (Wildman–Crippen LogP) is 5.58. The summed E-state index contributed by atoms with van der Waals surface area (Å²) >= 11 is 0. The molecule has 0 unspecified atom stereocenters. The first-order valence-electron chi connectivity index (χ1n) is 12.5. The molecule has 3 rings (SSSR count). The third-order valence-corrected chi connectivity index (χ3v) is 6.34. The van der Waals surface area contributed by atoms with Gasteiger partial charge in [-0.25, -0.2) is 4.39 Å². The molecule has 6 heteroatoms. The Morgan fingerprint density at radius 3 is 2.31 bits per heavy atom. The van der Waals surface area contributed by atoms with E-state index >= 15 is 0 Å². The van der Waals surface area contributed by atoms with Gasteiger partial charge < -0.3 is 21.4 Å². The van der Waals surface area contributed by atoms with Crippen molar-refractivity contribution in [2.45, 2.75) is 33.6 Å². The minimum atomic E-state index is -0.303. The summed E-state index contributed by atoms with van der Waals surface area (Å²) in [6.45, 7) is 26.9. The Labute approximate surface area is 218 Å². The first kappa shape index (κ1) is 31.1. The van der Waals surface area contributed by atoms with Gasteiger partial charge in [0, 0.05) is 55.4 Å². The lowest BCUT2D eigenvalue weighted by Crippen LogP contribution is -2.46. The normalized spacial score (nSPS) is 14.3. The fourth-order valence-corrected chi connectivity index (χ4v) is 4.55. The first-order valence-corrected chi connectivity index (χ1v) is 12.5. The van der Waals surface area contributed by atoms with Crippen LogP contribution in [0.3, 0.4) is 0 Å². The number of nitrogens with two attached hydrogens (primary N) is 2. The summed E-state index contributed by atoms with van der Waals surface area (Å²) < 4.78 is 13.8. The zero-order valence-electron chi connectivity index (χ0n) is 22.8. The van der Waals surface area contributed by atoms with Gasteiger partial charge in [0.05, 0.1) is 0 Å². The number of rotatable bonds is 9. The van der Waals surface area contributed by atoms with Gasteiger partial charge in [0.25, 0.3) is 0 Å². The standard InChI is InChI=1S/C27H37FN4.C2H4.CH5N/c1-6-22(25-17-23(28)9-10-26(25)29)16-27-20(4)24(21(5)30-27)8-7-11-31-12-14-32(15-13-31)18-19(2)3;2*1-2/h6,9-10,16-17,30H,1-2,7-8,11-15,18,29H2,3-5H3;1-2H2;2H2,1H3/b22-16+;;. The van der Waals surface area contributed by atoms with Crippen molar-refractivity contribution in [3.63, 3.8) is 0 Å². The fourth-order valence-electron chi connectivity index (χ4n) is 4.55. The molecule has 1 aliphatic rings. The summed E-state index contributed by atoms with van der Waals surface area (Å²) in [5.74, 6) is -0.303. The van der Waals surface area contributed by atoms with E-state index in [1.54, 1.807) is 12.1 Å². The molecule has 1 fully saturated rings. The number of aromatic nitrogens is 1. The van der Waals surface area contributed by atoms with Crippen LogP contribution in [0.2, 0.25) is 0 Å².